The minimum Gasteiger partial charge on any atom is -0.497 e. The van der Waals surface area contributed by atoms with Gasteiger partial charge in [0.15, 0.2) is 0 Å². The molecule has 21 nitrogen and oxygen atoms in total. The molecule has 7 N–H and O–H groups in total. The van der Waals surface area contributed by atoms with E-state index in [0.717, 1.165) is 102 Å². The first-order valence-corrected chi connectivity index (χ1v) is 49.5. The average molecular weight is 1980 g/mol. The Kier molecular flexibility index (Phi) is 30.5. The highest BCUT2D eigenvalue weighted by atomic mass is 16.5. The molecule has 7 aliphatic rings. The predicted molar refractivity (Wildman–Crippen MR) is 576 cm³/mol. The van der Waals surface area contributed by atoms with Gasteiger partial charge in [-0.15, -0.1) is 0 Å². The Labute approximate surface area is 900 Å². The summed E-state index contributed by atoms with van der Waals surface area (Å²) in [5.74, 6) is -8.03. The van der Waals surface area contributed by atoms with Gasteiger partial charge in [0.1, 0.15) is 40.2 Å². The van der Waals surface area contributed by atoms with Crippen LogP contribution in [0.5, 0.6) is 40.2 Å². The van der Waals surface area contributed by atoms with Gasteiger partial charge in [-0.3, -0.25) is 0 Å². The third-order valence-corrected chi connectivity index (χ3v) is 27.6. The molecule has 0 saturated heterocycles. The number of hydrogen-bond donors (Lipinski definition) is 7. The molecule has 0 heterocycles. The van der Waals surface area contributed by atoms with Crippen LogP contribution >= 0.6 is 0 Å². The summed E-state index contributed by atoms with van der Waals surface area (Å²) in [6.45, 7) is -35.0. The molecule has 0 bridgehead atoms. The fraction of sp³-hybridized carbons (Fsp3) is 0.647. The van der Waals surface area contributed by atoms with Gasteiger partial charge in [-0.1, -0.05) is 220 Å². The first-order valence-electron chi connectivity index (χ1n) is 68.5. The SMILES string of the molecule is [2H]C(CN(C)C)(c1ccc(OC)cc1)C1(O)CCCCC1.[2H]C([2H])(N(C)C)C([2H])(c1ccc(OC)cc1)C1(O)CCCCC1.[2H]C([2H])([2H])N(C([2H])([2H])[2H])C([2H])([2H])C([2H])(c1ccc(OC)cc1)C1(O)CCCCC1.[2H]C([2H])([2H])N(C([2H])([2H])[2H])C([2H])([2H])C(c1ccc(OC)cc1)C1(O)CCCCC1.[2H]C([2H])([2H])N(C)C([2H])([2H])C([2H])(c1ccc(OC)cc1)C1(O)CCCCC1.[2H]C([2H])([2H])N(C)CC([2H])(c1ccc(OC)cc1)C1(O)CCCCC1.[2H]C([2H])([2H])N(CC([2H])(c1ccc(OC)cc1)C1(O)CCCCC1)C([2H])([2H])[2H]. The van der Waals surface area contributed by atoms with Gasteiger partial charge in [0.25, 0.3) is 0 Å². The highest BCUT2D eigenvalue weighted by molar-refractivity contribution is 5.38. The lowest BCUT2D eigenvalue weighted by molar-refractivity contribution is -0.0280. The van der Waals surface area contributed by atoms with Gasteiger partial charge in [0.05, 0.1) is 89.0 Å². The van der Waals surface area contributed by atoms with Crippen molar-refractivity contribution < 1.29 is 121 Å². The maximum absolute atomic E-state index is 11.4. The van der Waals surface area contributed by atoms with Gasteiger partial charge in [-0.25, -0.2) is 0 Å². The molecule has 7 atom stereocenters. The Morgan fingerprint density at radius 1 is 0.214 bits per heavy atom. The van der Waals surface area contributed by atoms with E-state index in [2.05, 4.69) is 0 Å². The smallest absolute Gasteiger partial charge is 0.118 e. The van der Waals surface area contributed by atoms with E-state index in [0.29, 0.717) is 176 Å². The predicted octanol–water partition coefficient (Wildman–Crippen LogP) is 21.2. The van der Waals surface area contributed by atoms with E-state index in [9.17, 15) is 35.7 Å². The molecule has 7 aromatic carbocycles. The maximum atomic E-state index is 11.4. The molecule has 7 aromatic rings. The zero-order valence-electron chi connectivity index (χ0n) is 123. The van der Waals surface area contributed by atoms with Crippen LogP contribution in [0.15, 0.2) is 170 Å². The minimum absolute atomic E-state index is 0.0220. The summed E-state index contributed by atoms with van der Waals surface area (Å²) in [5, 5.41) is 79.2. The summed E-state index contributed by atoms with van der Waals surface area (Å²) < 4.78 is 343. The number of ether oxygens (including phenoxy) is 7. The molecule has 0 spiro atoms. The second kappa shape index (κ2) is 58.7. The number of hydrogen-bond acceptors (Lipinski definition) is 21. The van der Waals surface area contributed by atoms with Crippen molar-refractivity contribution in [1.82, 2.24) is 34.3 Å². The van der Waals surface area contributed by atoms with Crippen LogP contribution in [0, 0.1) is 0 Å². The molecule has 140 heavy (non-hydrogen) atoms. The van der Waals surface area contributed by atoms with Crippen molar-refractivity contribution in [3.63, 3.8) is 0 Å². The van der Waals surface area contributed by atoms with Crippen LogP contribution in [0.3, 0.4) is 0 Å². The lowest BCUT2D eigenvalue weighted by atomic mass is 9.72. The largest absolute Gasteiger partial charge is 0.497 e. The van der Waals surface area contributed by atoms with Crippen LogP contribution in [0.2, 0.25) is 0 Å². The van der Waals surface area contributed by atoms with E-state index < -0.39 is 169 Å². The summed E-state index contributed by atoms with van der Waals surface area (Å²) in [4.78, 5) is 5.19. The van der Waals surface area contributed by atoms with E-state index in [-0.39, 0.29) is 66.0 Å². The van der Waals surface area contributed by atoms with Crippen LogP contribution in [0.1, 0.15) is 357 Å². The third-order valence-electron chi connectivity index (χ3n) is 27.6. The molecule has 7 aliphatic carbocycles. The first-order chi connectivity index (χ1) is 81.8. The molecule has 0 aromatic heterocycles. The highest BCUT2D eigenvalue weighted by Crippen LogP contribution is 2.49. The molecular weight excluding hydrogens is 1750 g/mol. The monoisotopic (exact) mass is 1980 g/mol. The molecule has 784 valence electrons. The molecule has 14 rings (SSSR count). The second-order valence-electron chi connectivity index (χ2n) is 38.6. The normalized spacial score (nSPS) is 26.3. The summed E-state index contributed by atoms with van der Waals surface area (Å²) in [5.41, 5.74) is -7.46. The van der Waals surface area contributed by atoms with Gasteiger partial charge in [-0.2, -0.15) is 0 Å². The Bertz CT molecular complexity index is 6150. The van der Waals surface area contributed by atoms with Gasteiger partial charge in [0.2, 0.25) is 0 Å². The molecule has 21 heteroatoms. The Hall–Kier alpha value is -7.42. The van der Waals surface area contributed by atoms with E-state index in [1.54, 1.807) is 145 Å². The molecule has 7 fully saturated rings. The van der Waals surface area contributed by atoms with Gasteiger partial charge in [0, 0.05) is 139 Å². The summed E-state index contributed by atoms with van der Waals surface area (Å²) in [7, 11) is 20.4. The van der Waals surface area contributed by atoms with Crippen molar-refractivity contribution in [1.29, 1.82) is 0 Å². The van der Waals surface area contributed by atoms with Crippen LogP contribution in [0.4, 0.5) is 0 Å². The summed E-state index contributed by atoms with van der Waals surface area (Å²) >= 11 is 0. The molecular formula is C119H189N7O14. The van der Waals surface area contributed by atoms with Crippen LogP contribution in [-0.2, 0) is 0 Å². The van der Waals surface area contributed by atoms with Gasteiger partial charge in [-0.05, 0) is 312 Å². The van der Waals surface area contributed by atoms with Crippen LogP contribution < -0.4 is 33.2 Å². The van der Waals surface area contributed by atoms with Crippen molar-refractivity contribution in [2.75, 3.05) is 193 Å². The Morgan fingerprint density at radius 3 is 0.593 bits per heavy atom. The standard InChI is InChI=1S/7C17H27NO2/c7*1-18(2)13-16(17(19)11-5-4-6-12-17)14-7-9-15(20-3)10-8-14/h7*7-10,16,19H,4-6,11-13H2,1-3H3/i1D3,2D3,13D2,16D;1D3,13D2,16D;1D3,2D3,16D;1D3,2D3,13D2;13D2,16D;1D3,16D;16D. The Balaban J connectivity index is 0.000000250. The zero-order valence-corrected chi connectivity index (χ0v) is 85.2. The number of benzene rings is 7. The summed E-state index contributed by atoms with van der Waals surface area (Å²) in [6, 6.07) is 46.0. The first kappa shape index (κ1) is 72.8. The van der Waals surface area contributed by atoms with Crippen molar-refractivity contribution in [2.24, 2.45) is 0 Å². The molecule has 7 saturated carbocycles. The molecule has 0 amide bonds. The fourth-order valence-corrected chi connectivity index (χ4v) is 20.1. The van der Waals surface area contributed by atoms with E-state index in [1.165, 1.54) is 81.7 Å². The quantitative estimate of drug-likeness (QED) is 0.0196. The molecule has 7 unspecified atom stereocenters. The fourth-order valence-electron chi connectivity index (χ4n) is 20.1. The average Bonchev–Trinajstić information content (AvgIpc) is 0.698. The molecule has 0 aliphatic heterocycles. The number of rotatable bonds is 35. The zero-order chi connectivity index (χ0) is 135. The number of methoxy groups -OCH3 is 7. The topological polar surface area (TPSA) is 229 Å². The van der Waals surface area contributed by atoms with Crippen molar-refractivity contribution in [2.45, 2.75) is 305 Å². The second-order valence-corrected chi connectivity index (χ2v) is 38.6. The Morgan fingerprint density at radius 2 is 0.386 bits per heavy atom. The molecule has 0 radical (unpaired) electrons. The summed E-state index contributed by atoms with van der Waals surface area (Å²) in [6.07, 6.45) is 22.2. The number of nitrogens with zero attached hydrogens (tertiary/aromatic N) is 7. The van der Waals surface area contributed by atoms with Crippen molar-refractivity contribution in [3.8, 4) is 40.2 Å². The van der Waals surface area contributed by atoms with E-state index in [1.807, 2.05) is 43.3 Å². The van der Waals surface area contributed by atoms with E-state index in [4.69, 9.17) is 85.2 Å². The minimum atomic E-state index is -3.36. The lowest BCUT2D eigenvalue weighted by Crippen LogP contribution is -2.42. The lowest BCUT2D eigenvalue weighted by Gasteiger charge is -2.40. The van der Waals surface area contributed by atoms with Crippen molar-refractivity contribution in [3.05, 3.63) is 209 Å². The van der Waals surface area contributed by atoms with Gasteiger partial charge >= 0.3 is 0 Å². The van der Waals surface area contributed by atoms with E-state index >= 15 is 0 Å². The highest BCUT2D eigenvalue weighted by Gasteiger charge is 2.46. The van der Waals surface area contributed by atoms with Gasteiger partial charge < -0.3 is 103 Å². The maximum Gasteiger partial charge on any atom is 0.118 e. The van der Waals surface area contributed by atoms with Crippen LogP contribution in [0.25, 0.3) is 0 Å². The third kappa shape index (κ3) is 36.7. The number of likely N-dealkylation sites (N-methyl/N-ethyl adjacent to an activating group) is 7. The number of aliphatic hydroxyl groups is 7. The van der Waals surface area contributed by atoms with Crippen LogP contribution in [-0.4, -0.2) is 303 Å². The van der Waals surface area contributed by atoms with Crippen molar-refractivity contribution >= 4 is 0 Å².